The summed E-state index contributed by atoms with van der Waals surface area (Å²) in [7, 11) is 0. The lowest BCUT2D eigenvalue weighted by molar-refractivity contribution is -0.137. The van der Waals surface area contributed by atoms with Crippen molar-refractivity contribution in [1.29, 1.82) is 0 Å². The summed E-state index contributed by atoms with van der Waals surface area (Å²) in [5.41, 5.74) is 0. The van der Waals surface area contributed by atoms with Crippen molar-refractivity contribution >= 4 is 17.7 Å². The first-order valence-corrected chi connectivity index (χ1v) is 7.32. The van der Waals surface area contributed by atoms with Gasteiger partial charge < -0.3 is 15.3 Å². The second-order valence-electron chi connectivity index (χ2n) is 4.18. The van der Waals surface area contributed by atoms with E-state index in [-0.39, 0.29) is 11.5 Å². The van der Waals surface area contributed by atoms with Crippen molar-refractivity contribution in [2.45, 2.75) is 29.6 Å². The van der Waals surface area contributed by atoms with E-state index in [1.807, 2.05) is 31.2 Å². The van der Waals surface area contributed by atoms with E-state index in [9.17, 15) is 15.0 Å². The van der Waals surface area contributed by atoms with Crippen molar-refractivity contribution < 1.29 is 20.1 Å². The van der Waals surface area contributed by atoms with Crippen LogP contribution in [0.25, 0.3) is 0 Å². The lowest BCUT2D eigenvalue weighted by atomic mass is 10.3. The van der Waals surface area contributed by atoms with E-state index in [2.05, 4.69) is 0 Å². The molecule has 3 N–H and O–H groups in total. The first-order valence-electron chi connectivity index (χ1n) is 6.50. The molecule has 0 aromatic heterocycles. The number of hydrogen-bond acceptors (Lipinski definition) is 4. The van der Waals surface area contributed by atoms with Gasteiger partial charge in [-0.3, -0.25) is 4.79 Å². The average molecular weight is 306 g/mol. The topological polar surface area (TPSA) is 77.8 Å². The quantitative estimate of drug-likeness (QED) is 0.792. The molecule has 2 aromatic carbocycles. The van der Waals surface area contributed by atoms with E-state index in [1.54, 1.807) is 24.3 Å². The number of hydrogen-bond donors (Lipinski definition) is 3. The van der Waals surface area contributed by atoms with Crippen molar-refractivity contribution in [3.8, 4) is 11.5 Å². The number of aliphatic carboxylic acids is 1. The molecule has 2 rings (SSSR count). The molecule has 5 heteroatoms. The van der Waals surface area contributed by atoms with Crippen LogP contribution in [0.4, 0.5) is 0 Å². The second-order valence-corrected chi connectivity index (χ2v) is 5.27. The van der Waals surface area contributed by atoms with Crippen LogP contribution in [0.15, 0.2) is 58.3 Å². The van der Waals surface area contributed by atoms with E-state index in [0.29, 0.717) is 6.42 Å². The minimum Gasteiger partial charge on any atom is -0.507 e. The first-order chi connectivity index (χ1) is 10.0. The number of benzene rings is 2. The van der Waals surface area contributed by atoms with E-state index in [4.69, 9.17) is 5.11 Å². The molecule has 0 bridgehead atoms. The molecule has 4 nitrogen and oxygen atoms in total. The molecule has 0 unspecified atom stereocenters. The molecule has 0 atom stereocenters. The Bertz CT molecular complexity index is 540. The van der Waals surface area contributed by atoms with Gasteiger partial charge in [-0.25, -0.2) is 0 Å². The summed E-state index contributed by atoms with van der Waals surface area (Å²) >= 11 is 1.34. The van der Waals surface area contributed by atoms with Gasteiger partial charge in [0.25, 0.3) is 0 Å². The van der Waals surface area contributed by atoms with Crippen LogP contribution in [0.5, 0.6) is 11.5 Å². The van der Waals surface area contributed by atoms with Crippen LogP contribution in [0, 0.1) is 0 Å². The van der Waals surface area contributed by atoms with Crippen molar-refractivity contribution in [3.63, 3.8) is 0 Å². The molecule has 112 valence electrons. The van der Waals surface area contributed by atoms with Crippen LogP contribution < -0.4 is 0 Å². The Morgan fingerprint density at radius 1 is 0.952 bits per heavy atom. The molecule has 0 spiro atoms. The maximum absolute atomic E-state index is 9.60. The molecular formula is C16H18O4S. The SMILES string of the molecule is CCCC(=O)O.Oc1ccccc1Sc1ccccc1O. The second kappa shape index (κ2) is 8.92. The lowest BCUT2D eigenvalue weighted by Gasteiger charge is -2.05. The molecular weight excluding hydrogens is 288 g/mol. The molecule has 0 heterocycles. The predicted octanol–water partition coefficient (Wildman–Crippen LogP) is 4.12. The van der Waals surface area contributed by atoms with Gasteiger partial charge in [-0.1, -0.05) is 43.0 Å². The molecule has 0 fully saturated rings. The Hall–Kier alpha value is -2.14. The predicted molar refractivity (Wildman–Crippen MR) is 82.9 cm³/mol. The van der Waals surface area contributed by atoms with Gasteiger partial charge in [-0.05, 0) is 30.7 Å². The van der Waals surface area contributed by atoms with Crippen LogP contribution >= 0.6 is 11.8 Å². The molecule has 0 aliphatic heterocycles. The third-order valence-corrected chi connectivity index (χ3v) is 3.54. The molecule has 0 amide bonds. The highest BCUT2D eigenvalue weighted by molar-refractivity contribution is 7.99. The minimum absolute atomic E-state index is 0.228. The van der Waals surface area contributed by atoms with Gasteiger partial charge in [-0.2, -0.15) is 0 Å². The minimum atomic E-state index is -0.711. The molecule has 0 saturated heterocycles. The smallest absolute Gasteiger partial charge is 0.303 e. The molecule has 0 saturated carbocycles. The van der Waals surface area contributed by atoms with Crippen molar-refractivity contribution in [2.75, 3.05) is 0 Å². The summed E-state index contributed by atoms with van der Waals surface area (Å²) < 4.78 is 0. The summed E-state index contributed by atoms with van der Waals surface area (Å²) in [4.78, 5) is 11.1. The fourth-order valence-corrected chi connectivity index (χ4v) is 2.29. The van der Waals surface area contributed by atoms with Gasteiger partial charge in [0, 0.05) is 6.42 Å². The third-order valence-electron chi connectivity index (χ3n) is 2.41. The molecule has 2 aromatic rings. The summed E-state index contributed by atoms with van der Waals surface area (Å²) in [5.74, 6) is -0.256. The van der Waals surface area contributed by atoms with E-state index in [0.717, 1.165) is 16.2 Å². The number of carboxylic acid groups (broad SMARTS) is 1. The van der Waals surface area contributed by atoms with Crippen molar-refractivity contribution in [2.24, 2.45) is 0 Å². The number of carbonyl (C=O) groups is 1. The van der Waals surface area contributed by atoms with Gasteiger partial charge in [0.1, 0.15) is 11.5 Å². The summed E-state index contributed by atoms with van der Waals surface area (Å²) in [5, 5.41) is 27.0. The van der Waals surface area contributed by atoms with Crippen LogP contribution in [-0.4, -0.2) is 21.3 Å². The molecule has 0 aliphatic rings. The van der Waals surface area contributed by atoms with Gasteiger partial charge >= 0.3 is 5.97 Å². The maximum Gasteiger partial charge on any atom is 0.303 e. The third kappa shape index (κ3) is 6.23. The highest BCUT2D eigenvalue weighted by Crippen LogP contribution is 2.37. The number of para-hydroxylation sites is 2. The van der Waals surface area contributed by atoms with Gasteiger partial charge in [0.05, 0.1) is 9.79 Å². The Morgan fingerprint density at radius 2 is 1.38 bits per heavy atom. The van der Waals surface area contributed by atoms with Crippen LogP contribution in [0.1, 0.15) is 19.8 Å². The number of phenols is 2. The zero-order valence-corrected chi connectivity index (χ0v) is 12.5. The van der Waals surface area contributed by atoms with Crippen LogP contribution in [0.2, 0.25) is 0 Å². The Balaban J connectivity index is 0.000000315. The zero-order valence-electron chi connectivity index (χ0n) is 11.7. The molecule has 0 aliphatic carbocycles. The number of carboxylic acids is 1. The van der Waals surface area contributed by atoms with Crippen molar-refractivity contribution in [3.05, 3.63) is 48.5 Å². The molecule has 21 heavy (non-hydrogen) atoms. The number of rotatable bonds is 4. The van der Waals surface area contributed by atoms with Gasteiger partial charge in [0.2, 0.25) is 0 Å². The van der Waals surface area contributed by atoms with Crippen molar-refractivity contribution in [1.82, 2.24) is 0 Å². The fraction of sp³-hybridized carbons (Fsp3) is 0.188. The highest BCUT2D eigenvalue weighted by atomic mass is 32.2. The largest absolute Gasteiger partial charge is 0.507 e. The summed E-state index contributed by atoms with van der Waals surface area (Å²) in [6.07, 6.45) is 1.02. The lowest BCUT2D eigenvalue weighted by Crippen LogP contribution is -1.90. The highest BCUT2D eigenvalue weighted by Gasteiger charge is 2.05. The summed E-state index contributed by atoms with van der Waals surface area (Å²) in [6, 6.07) is 14.1. The first kappa shape index (κ1) is 16.9. The average Bonchev–Trinajstić information content (AvgIpc) is 2.44. The number of phenolic OH excluding ortho intramolecular Hbond substituents is 2. The maximum atomic E-state index is 9.60. The van der Waals surface area contributed by atoms with E-state index < -0.39 is 5.97 Å². The van der Waals surface area contributed by atoms with Crippen LogP contribution in [-0.2, 0) is 4.79 Å². The van der Waals surface area contributed by atoms with Crippen LogP contribution in [0.3, 0.4) is 0 Å². The number of aromatic hydroxyl groups is 2. The van der Waals surface area contributed by atoms with Gasteiger partial charge in [0.15, 0.2) is 0 Å². The van der Waals surface area contributed by atoms with Gasteiger partial charge in [-0.15, -0.1) is 0 Å². The standard InChI is InChI=1S/C12H10O2S.C4H8O2/c13-9-5-1-3-7-11(9)15-12-8-4-2-6-10(12)14;1-2-3-4(5)6/h1-8,13-14H;2-3H2,1H3,(H,5,6). The molecule has 0 radical (unpaired) electrons. The fourth-order valence-electron chi connectivity index (χ4n) is 1.42. The van der Waals surface area contributed by atoms with E-state index in [1.165, 1.54) is 11.8 Å². The Labute approximate surface area is 128 Å². The normalized spacial score (nSPS) is 9.57. The Kier molecular flexibility index (Phi) is 7.18. The monoisotopic (exact) mass is 306 g/mol. The van der Waals surface area contributed by atoms with E-state index >= 15 is 0 Å². The Morgan fingerprint density at radius 3 is 1.67 bits per heavy atom. The summed E-state index contributed by atoms with van der Waals surface area (Å²) in [6.45, 7) is 1.84. The zero-order chi connectivity index (χ0) is 15.7.